The molecule has 0 spiro atoms. The van der Waals surface area contributed by atoms with Crippen LogP contribution in [0.1, 0.15) is 21.7 Å². The minimum absolute atomic E-state index is 0.00975. The van der Waals surface area contributed by atoms with Crippen LogP contribution in [0.15, 0.2) is 58.2 Å². The number of carboxylic acids is 1. The van der Waals surface area contributed by atoms with E-state index in [2.05, 4.69) is 15.5 Å². The molecule has 0 amide bonds. The summed E-state index contributed by atoms with van der Waals surface area (Å²) in [5.74, 6) is -0.128. The second kappa shape index (κ2) is 7.48. The van der Waals surface area contributed by atoms with Gasteiger partial charge in [-0.25, -0.2) is 9.78 Å². The SMILES string of the molecule is Cc1c(C(=O)O)cccc1-c1ccc(/C=N\Nc2ncccc2[N+](=O)[O-])o1. The van der Waals surface area contributed by atoms with Gasteiger partial charge in [-0.05, 0) is 36.8 Å². The zero-order chi connectivity index (χ0) is 19.4. The number of rotatable bonds is 6. The topological polar surface area (TPSA) is 131 Å². The van der Waals surface area contributed by atoms with Crippen LogP contribution >= 0.6 is 0 Å². The Morgan fingerprint density at radius 3 is 2.85 bits per heavy atom. The van der Waals surface area contributed by atoms with Gasteiger partial charge in [0.2, 0.25) is 5.82 Å². The summed E-state index contributed by atoms with van der Waals surface area (Å²) in [6.45, 7) is 1.71. The molecule has 2 heterocycles. The molecule has 9 nitrogen and oxygen atoms in total. The van der Waals surface area contributed by atoms with Crippen LogP contribution in [0.4, 0.5) is 11.5 Å². The van der Waals surface area contributed by atoms with E-state index in [9.17, 15) is 20.0 Å². The zero-order valence-electron chi connectivity index (χ0n) is 14.1. The summed E-state index contributed by atoms with van der Waals surface area (Å²) in [6.07, 6.45) is 2.76. The smallest absolute Gasteiger partial charge is 0.335 e. The molecule has 2 aromatic heterocycles. The minimum atomic E-state index is -1.01. The highest BCUT2D eigenvalue weighted by Gasteiger charge is 2.14. The Labute approximate surface area is 153 Å². The van der Waals surface area contributed by atoms with Gasteiger partial charge in [0.25, 0.3) is 0 Å². The Balaban J connectivity index is 1.80. The maximum Gasteiger partial charge on any atom is 0.335 e. The van der Waals surface area contributed by atoms with E-state index in [4.69, 9.17) is 4.42 Å². The summed E-state index contributed by atoms with van der Waals surface area (Å²) in [4.78, 5) is 25.5. The van der Waals surface area contributed by atoms with Crippen LogP contribution in [0.3, 0.4) is 0 Å². The average molecular weight is 366 g/mol. The van der Waals surface area contributed by atoms with Crippen molar-refractivity contribution in [3.63, 3.8) is 0 Å². The van der Waals surface area contributed by atoms with Gasteiger partial charge >= 0.3 is 11.7 Å². The van der Waals surface area contributed by atoms with E-state index in [1.165, 1.54) is 30.6 Å². The molecule has 0 radical (unpaired) electrons. The number of carboxylic acid groups (broad SMARTS) is 1. The first-order chi connectivity index (χ1) is 13.0. The van der Waals surface area contributed by atoms with E-state index in [-0.39, 0.29) is 17.1 Å². The molecule has 0 unspecified atom stereocenters. The molecule has 136 valence electrons. The Morgan fingerprint density at radius 2 is 2.11 bits per heavy atom. The lowest BCUT2D eigenvalue weighted by molar-refractivity contribution is -0.384. The molecule has 0 aliphatic rings. The van der Waals surface area contributed by atoms with E-state index in [0.717, 1.165) is 0 Å². The molecule has 27 heavy (non-hydrogen) atoms. The molecule has 0 aliphatic carbocycles. The minimum Gasteiger partial charge on any atom is -0.478 e. The van der Waals surface area contributed by atoms with Crippen molar-refractivity contribution >= 4 is 23.7 Å². The Hall–Kier alpha value is -4.01. The van der Waals surface area contributed by atoms with Gasteiger partial charge in [0.15, 0.2) is 0 Å². The number of anilines is 1. The van der Waals surface area contributed by atoms with Crippen LogP contribution in [0.5, 0.6) is 0 Å². The first-order valence-electron chi connectivity index (χ1n) is 7.79. The largest absolute Gasteiger partial charge is 0.478 e. The lowest BCUT2D eigenvalue weighted by atomic mass is 10.0. The number of hydrogen-bond donors (Lipinski definition) is 2. The lowest BCUT2D eigenvalue weighted by Gasteiger charge is -2.05. The standard InChI is InChI=1S/C18H14N4O5/c1-11-13(4-2-5-14(11)18(23)24)16-8-7-12(27-16)10-20-21-17-15(22(25)26)6-3-9-19-17/h2-10H,1H3,(H,19,21)(H,23,24)/b20-10-. The van der Waals surface area contributed by atoms with Crippen molar-refractivity contribution in [1.82, 2.24) is 4.98 Å². The molecule has 0 atom stereocenters. The quantitative estimate of drug-likeness (QED) is 0.386. The van der Waals surface area contributed by atoms with Gasteiger partial charge in [0, 0.05) is 17.8 Å². The van der Waals surface area contributed by atoms with Crippen LogP contribution in [0, 0.1) is 17.0 Å². The fourth-order valence-corrected chi connectivity index (χ4v) is 2.49. The number of aromatic carboxylic acids is 1. The number of nitrogens with zero attached hydrogens (tertiary/aromatic N) is 3. The molecule has 2 N–H and O–H groups in total. The number of hydrazone groups is 1. The molecular weight excluding hydrogens is 352 g/mol. The summed E-state index contributed by atoms with van der Waals surface area (Å²) in [7, 11) is 0. The number of benzene rings is 1. The molecule has 1 aromatic carbocycles. The zero-order valence-corrected chi connectivity index (χ0v) is 14.1. The second-order valence-electron chi connectivity index (χ2n) is 5.48. The summed E-state index contributed by atoms with van der Waals surface area (Å²) in [5.41, 5.74) is 3.75. The monoisotopic (exact) mass is 366 g/mol. The number of hydrogen-bond acceptors (Lipinski definition) is 7. The fraction of sp³-hybridized carbons (Fsp3) is 0.0556. The third-order valence-corrected chi connectivity index (χ3v) is 3.80. The van der Waals surface area contributed by atoms with Crippen molar-refractivity contribution < 1.29 is 19.2 Å². The van der Waals surface area contributed by atoms with E-state index in [1.54, 1.807) is 31.2 Å². The first-order valence-corrected chi connectivity index (χ1v) is 7.79. The Bertz CT molecular complexity index is 1040. The molecule has 0 aliphatic heterocycles. The molecule has 3 rings (SSSR count). The third kappa shape index (κ3) is 3.82. The summed E-state index contributed by atoms with van der Waals surface area (Å²) >= 11 is 0. The van der Waals surface area contributed by atoms with E-state index >= 15 is 0 Å². The second-order valence-corrected chi connectivity index (χ2v) is 5.48. The number of aromatic nitrogens is 1. The molecule has 0 saturated heterocycles. The molecular formula is C18H14N4O5. The molecule has 0 fully saturated rings. The van der Waals surface area contributed by atoms with Gasteiger partial charge < -0.3 is 9.52 Å². The third-order valence-electron chi connectivity index (χ3n) is 3.80. The van der Waals surface area contributed by atoms with Crippen LogP contribution in [0.2, 0.25) is 0 Å². The van der Waals surface area contributed by atoms with Crippen LogP contribution in [-0.2, 0) is 0 Å². The van der Waals surface area contributed by atoms with Gasteiger partial charge in [-0.1, -0.05) is 12.1 Å². The predicted molar refractivity (Wildman–Crippen MR) is 97.9 cm³/mol. The Morgan fingerprint density at radius 1 is 1.30 bits per heavy atom. The summed E-state index contributed by atoms with van der Waals surface area (Å²) < 4.78 is 5.66. The molecule has 0 bridgehead atoms. The van der Waals surface area contributed by atoms with Crippen molar-refractivity contribution in [2.24, 2.45) is 5.10 Å². The van der Waals surface area contributed by atoms with E-state index in [1.807, 2.05) is 0 Å². The highest BCUT2D eigenvalue weighted by atomic mass is 16.6. The number of pyridine rings is 1. The van der Waals surface area contributed by atoms with Gasteiger partial charge in [0.1, 0.15) is 11.5 Å². The number of furan rings is 1. The summed E-state index contributed by atoms with van der Waals surface area (Å²) in [5, 5.41) is 24.1. The molecule has 0 saturated carbocycles. The van der Waals surface area contributed by atoms with Crippen molar-refractivity contribution in [1.29, 1.82) is 0 Å². The van der Waals surface area contributed by atoms with Crippen LogP contribution < -0.4 is 5.43 Å². The highest BCUT2D eigenvalue weighted by Crippen LogP contribution is 2.27. The molecule has 3 aromatic rings. The lowest BCUT2D eigenvalue weighted by Crippen LogP contribution is -2.00. The van der Waals surface area contributed by atoms with Crippen LogP contribution in [-0.4, -0.2) is 27.2 Å². The van der Waals surface area contributed by atoms with Crippen molar-refractivity contribution in [2.75, 3.05) is 5.43 Å². The highest BCUT2D eigenvalue weighted by molar-refractivity contribution is 5.91. The van der Waals surface area contributed by atoms with Crippen molar-refractivity contribution in [2.45, 2.75) is 6.92 Å². The average Bonchev–Trinajstić information content (AvgIpc) is 3.10. The van der Waals surface area contributed by atoms with Gasteiger partial charge in [-0.2, -0.15) is 5.10 Å². The van der Waals surface area contributed by atoms with Crippen LogP contribution in [0.25, 0.3) is 11.3 Å². The van der Waals surface area contributed by atoms with E-state index < -0.39 is 10.9 Å². The normalized spacial score (nSPS) is 10.9. The maximum atomic E-state index is 11.2. The fourth-order valence-electron chi connectivity index (χ4n) is 2.49. The Kier molecular flexibility index (Phi) is 4.93. The number of carbonyl (C=O) groups is 1. The maximum absolute atomic E-state index is 11.2. The van der Waals surface area contributed by atoms with Crippen molar-refractivity contribution in [3.8, 4) is 11.3 Å². The van der Waals surface area contributed by atoms with Crippen molar-refractivity contribution in [3.05, 3.63) is 75.7 Å². The van der Waals surface area contributed by atoms with E-state index in [0.29, 0.717) is 22.6 Å². The molecule has 9 heteroatoms. The van der Waals surface area contributed by atoms with Gasteiger partial charge in [-0.15, -0.1) is 0 Å². The van der Waals surface area contributed by atoms with Gasteiger partial charge in [-0.3, -0.25) is 15.5 Å². The first kappa shape index (κ1) is 17.8. The summed E-state index contributed by atoms with van der Waals surface area (Å²) in [6, 6.07) is 11.0. The number of nitrogens with one attached hydrogen (secondary N) is 1. The number of nitro groups is 1. The predicted octanol–water partition coefficient (Wildman–Crippen LogP) is 3.70. The van der Waals surface area contributed by atoms with Gasteiger partial charge in [0.05, 0.1) is 16.7 Å².